The van der Waals surface area contributed by atoms with Crippen molar-refractivity contribution in [1.29, 1.82) is 0 Å². The fraction of sp³-hybridized carbons (Fsp3) is 0.400. The number of nitrogens with one attached hydrogen (secondary N) is 1. The van der Waals surface area contributed by atoms with Crippen molar-refractivity contribution >= 4 is 40.9 Å². The second-order valence-corrected chi connectivity index (χ2v) is 9.57. The summed E-state index contributed by atoms with van der Waals surface area (Å²) < 4.78 is 0. The van der Waals surface area contributed by atoms with E-state index in [4.69, 9.17) is 23.2 Å². The maximum Gasteiger partial charge on any atom is 0.256 e. The van der Waals surface area contributed by atoms with Gasteiger partial charge in [0.1, 0.15) is 6.04 Å². The lowest BCUT2D eigenvalue weighted by Crippen LogP contribution is -2.52. The SMILES string of the molecule is Cc1ccc(C(=O)N2CCC(NC(=O)C3CCCN3C(=O)c3cc(Cl)ccc3Cl)CC2)cc1. The van der Waals surface area contributed by atoms with E-state index in [0.717, 1.165) is 12.0 Å². The molecular formula is C25H27Cl2N3O3. The van der Waals surface area contributed by atoms with E-state index in [9.17, 15) is 14.4 Å². The summed E-state index contributed by atoms with van der Waals surface area (Å²) in [5, 5.41) is 3.85. The molecule has 0 spiro atoms. The van der Waals surface area contributed by atoms with E-state index in [1.807, 2.05) is 36.1 Å². The van der Waals surface area contributed by atoms with Gasteiger partial charge in [-0.3, -0.25) is 14.4 Å². The van der Waals surface area contributed by atoms with Crippen LogP contribution in [0.1, 0.15) is 52.0 Å². The second kappa shape index (κ2) is 10.1. The molecule has 8 heteroatoms. The van der Waals surface area contributed by atoms with E-state index in [1.54, 1.807) is 23.1 Å². The number of halogens is 2. The molecule has 0 bridgehead atoms. The van der Waals surface area contributed by atoms with Crippen LogP contribution < -0.4 is 5.32 Å². The van der Waals surface area contributed by atoms with Crippen LogP contribution in [0.25, 0.3) is 0 Å². The zero-order valence-corrected chi connectivity index (χ0v) is 20.0. The third-order valence-electron chi connectivity index (χ3n) is 6.40. The van der Waals surface area contributed by atoms with E-state index in [1.165, 1.54) is 0 Å². The molecule has 1 unspecified atom stereocenters. The van der Waals surface area contributed by atoms with Crippen molar-refractivity contribution in [2.45, 2.75) is 44.7 Å². The topological polar surface area (TPSA) is 69.7 Å². The normalized spacial score (nSPS) is 18.9. The Morgan fingerprint density at radius 2 is 1.61 bits per heavy atom. The van der Waals surface area contributed by atoms with Gasteiger partial charge in [0, 0.05) is 36.3 Å². The lowest BCUT2D eigenvalue weighted by Gasteiger charge is -2.34. The number of rotatable bonds is 4. The maximum atomic E-state index is 13.1. The van der Waals surface area contributed by atoms with Crippen LogP contribution >= 0.6 is 23.2 Å². The van der Waals surface area contributed by atoms with Crippen molar-refractivity contribution in [2.75, 3.05) is 19.6 Å². The number of hydrogen-bond acceptors (Lipinski definition) is 3. The first-order valence-corrected chi connectivity index (χ1v) is 12.0. The summed E-state index contributed by atoms with van der Waals surface area (Å²) in [5.41, 5.74) is 2.11. The zero-order valence-electron chi connectivity index (χ0n) is 18.5. The number of carbonyl (C=O) groups is 3. The van der Waals surface area contributed by atoms with E-state index in [-0.39, 0.29) is 23.8 Å². The van der Waals surface area contributed by atoms with E-state index in [0.29, 0.717) is 60.1 Å². The molecule has 0 saturated carbocycles. The predicted molar refractivity (Wildman–Crippen MR) is 129 cm³/mol. The molecule has 2 aliphatic heterocycles. The highest BCUT2D eigenvalue weighted by molar-refractivity contribution is 6.35. The molecule has 0 radical (unpaired) electrons. The van der Waals surface area contributed by atoms with Crippen molar-refractivity contribution in [3.63, 3.8) is 0 Å². The number of piperidine rings is 1. The van der Waals surface area contributed by atoms with Gasteiger partial charge in [-0.1, -0.05) is 40.9 Å². The molecule has 0 aliphatic carbocycles. The Balaban J connectivity index is 1.33. The lowest BCUT2D eigenvalue weighted by atomic mass is 10.0. The molecule has 1 N–H and O–H groups in total. The molecule has 0 aromatic heterocycles. The summed E-state index contributed by atoms with van der Waals surface area (Å²) in [7, 11) is 0. The fourth-order valence-electron chi connectivity index (χ4n) is 4.50. The van der Waals surface area contributed by atoms with Crippen LogP contribution in [-0.4, -0.2) is 59.2 Å². The second-order valence-electron chi connectivity index (χ2n) is 8.72. The quantitative estimate of drug-likeness (QED) is 0.697. The van der Waals surface area contributed by atoms with Crippen molar-refractivity contribution in [2.24, 2.45) is 0 Å². The molecule has 33 heavy (non-hydrogen) atoms. The Morgan fingerprint density at radius 3 is 2.30 bits per heavy atom. The number of carbonyl (C=O) groups excluding carboxylic acids is 3. The first-order chi connectivity index (χ1) is 15.8. The Morgan fingerprint density at radius 1 is 0.909 bits per heavy atom. The van der Waals surface area contributed by atoms with Gasteiger partial charge in [0.05, 0.1) is 10.6 Å². The minimum absolute atomic E-state index is 0.0192. The average molecular weight is 488 g/mol. The van der Waals surface area contributed by atoms with Gasteiger partial charge in [-0.05, 0) is 62.9 Å². The average Bonchev–Trinajstić information content (AvgIpc) is 3.31. The number of hydrogen-bond donors (Lipinski definition) is 1. The molecule has 3 amide bonds. The summed E-state index contributed by atoms with van der Waals surface area (Å²) >= 11 is 12.2. The minimum atomic E-state index is -0.528. The van der Waals surface area contributed by atoms with E-state index < -0.39 is 6.04 Å². The van der Waals surface area contributed by atoms with Gasteiger partial charge in [-0.2, -0.15) is 0 Å². The van der Waals surface area contributed by atoms with Gasteiger partial charge in [0.15, 0.2) is 0 Å². The van der Waals surface area contributed by atoms with Crippen LogP contribution in [0.15, 0.2) is 42.5 Å². The van der Waals surface area contributed by atoms with Crippen LogP contribution in [0.5, 0.6) is 0 Å². The third-order valence-corrected chi connectivity index (χ3v) is 6.97. The number of likely N-dealkylation sites (tertiary alicyclic amines) is 2. The van der Waals surface area contributed by atoms with Crippen LogP contribution in [0.3, 0.4) is 0 Å². The number of benzene rings is 2. The van der Waals surface area contributed by atoms with Gasteiger partial charge >= 0.3 is 0 Å². The molecule has 174 valence electrons. The van der Waals surface area contributed by atoms with Crippen LogP contribution in [0, 0.1) is 6.92 Å². The standard InChI is InChI=1S/C25H27Cl2N3O3/c1-16-4-6-17(7-5-16)24(32)29-13-10-19(11-14-29)28-23(31)22-3-2-12-30(22)25(33)20-15-18(26)8-9-21(20)27/h4-9,15,19,22H,2-3,10-14H2,1H3,(H,28,31). The summed E-state index contributed by atoms with van der Waals surface area (Å²) in [4.78, 5) is 42.2. The van der Waals surface area contributed by atoms with Crippen molar-refractivity contribution in [3.8, 4) is 0 Å². The van der Waals surface area contributed by atoms with Gasteiger partial charge in [-0.15, -0.1) is 0 Å². The first-order valence-electron chi connectivity index (χ1n) is 11.3. The number of aryl methyl sites for hydroxylation is 1. The highest BCUT2D eigenvalue weighted by Crippen LogP contribution is 2.27. The van der Waals surface area contributed by atoms with Gasteiger partial charge in [0.25, 0.3) is 11.8 Å². The summed E-state index contributed by atoms with van der Waals surface area (Å²) in [6.45, 7) is 3.67. The van der Waals surface area contributed by atoms with Gasteiger partial charge < -0.3 is 15.1 Å². The highest BCUT2D eigenvalue weighted by atomic mass is 35.5. The van der Waals surface area contributed by atoms with Crippen molar-refractivity contribution in [3.05, 3.63) is 69.2 Å². The zero-order chi connectivity index (χ0) is 23.5. The van der Waals surface area contributed by atoms with Crippen LogP contribution in [0.2, 0.25) is 10.0 Å². The van der Waals surface area contributed by atoms with Crippen LogP contribution in [-0.2, 0) is 4.79 Å². The number of amides is 3. The molecule has 6 nitrogen and oxygen atoms in total. The van der Waals surface area contributed by atoms with E-state index in [2.05, 4.69) is 5.32 Å². The molecule has 2 heterocycles. The molecular weight excluding hydrogens is 461 g/mol. The first kappa shape index (κ1) is 23.6. The monoisotopic (exact) mass is 487 g/mol. The molecule has 1 atom stereocenters. The molecule has 4 rings (SSSR count). The summed E-state index contributed by atoms with van der Waals surface area (Å²) in [5.74, 6) is -0.410. The van der Waals surface area contributed by atoms with Gasteiger partial charge in [-0.25, -0.2) is 0 Å². The minimum Gasteiger partial charge on any atom is -0.351 e. The summed E-state index contributed by atoms with van der Waals surface area (Å²) in [6.07, 6.45) is 2.74. The lowest BCUT2D eigenvalue weighted by molar-refractivity contribution is -0.125. The molecule has 2 aromatic carbocycles. The largest absolute Gasteiger partial charge is 0.351 e. The predicted octanol–water partition coefficient (Wildman–Crippen LogP) is 4.33. The van der Waals surface area contributed by atoms with Crippen molar-refractivity contribution in [1.82, 2.24) is 15.1 Å². The molecule has 2 aromatic rings. The molecule has 2 aliphatic rings. The Bertz CT molecular complexity index is 1050. The fourth-order valence-corrected chi connectivity index (χ4v) is 4.87. The number of nitrogens with zero attached hydrogens (tertiary/aromatic N) is 2. The third kappa shape index (κ3) is 5.33. The smallest absolute Gasteiger partial charge is 0.256 e. The Hall–Kier alpha value is -2.57. The van der Waals surface area contributed by atoms with Crippen molar-refractivity contribution < 1.29 is 14.4 Å². The van der Waals surface area contributed by atoms with E-state index >= 15 is 0 Å². The molecule has 2 saturated heterocycles. The maximum absolute atomic E-state index is 13.1. The highest BCUT2D eigenvalue weighted by Gasteiger charge is 2.36. The molecule has 2 fully saturated rings. The Kier molecular flexibility index (Phi) is 7.25. The van der Waals surface area contributed by atoms with Crippen LogP contribution in [0.4, 0.5) is 0 Å². The van der Waals surface area contributed by atoms with Gasteiger partial charge in [0.2, 0.25) is 5.91 Å². The Labute approximate surface area is 203 Å². The summed E-state index contributed by atoms with van der Waals surface area (Å²) in [6, 6.07) is 11.8.